The molecule has 1 amide bonds. The van der Waals surface area contributed by atoms with Gasteiger partial charge < -0.3 is 0 Å². The molecule has 0 spiro atoms. The highest BCUT2D eigenvalue weighted by Gasteiger charge is 2.38. The number of hydrazine groups is 2. The molecule has 8 nitrogen and oxygen atoms in total. The van der Waals surface area contributed by atoms with Crippen molar-refractivity contribution in [1.29, 1.82) is 0 Å². The predicted molar refractivity (Wildman–Crippen MR) is 94.6 cm³/mol. The zero-order chi connectivity index (χ0) is 17.4. The van der Waals surface area contributed by atoms with E-state index in [9.17, 15) is 9.59 Å². The van der Waals surface area contributed by atoms with Crippen LogP contribution in [0.4, 0.5) is 5.95 Å². The van der Waals surface area contributed by atoms with Gasteiger partial charge in [-0.2, -0.15) is 0 Å². The molecule has 1 aromatic carbocycles. The fourth-order valence-electron chi connectivity index (χ4n) is 3.32. The largest absolute Gasteiger partial charge is 0.277 e. The van der Waals surface area contributed by atoms with Crippen LogP contribution in [-0.4, -0.2) is 27.5 Å². The minimum absolute atomic E-state index is 0.126. The number of carbonyl (C=O) groups is 1. The minimum atomic E-state index is -0.291. The molecule has 2 aliphatic rings. The Hall–Kier alpha value is -2.45. The van der Waals surface area contributed by atoms with E-state index in [1.165, 1.54) is 17.4 Å². The van der Waals surface area contributed by atoms with Gasteiger partial charge in [0.1, 0.15) is 6.04 Å². The van der Waals surface area contributed by atoms with Gasteiger partial charge in [-0.05, 0) is 44.2 Å². The van der Waals surface area contributed by atoms with Gasteiger partial charge in [0.2, 0.25) is 5.95 Å². The number of para-hydroxylation sites is 1. The number of nitrogens with one attached hydrogen (secondary N) is 4. The standard InChI is InChI=1S/C17H22N6O2/c1-2-23-16(25)11-5-3-4-6-12(11)18-17(23)22-21-15(24)14-9-13(19-20-14)10-7-8-10/h3-6,10,13-14,19-20H,2,7-9H2,1H3,(H,18,22)(H,21,24). The van der Waals surface area contributed by atoms with E-state index in [1.54, 1.807) is 12.1 Å². The first kappa shape index (κ1) is 16.0. The molecule has 2 unspecified atom stereocenters. The molecule has 1 aliphatic heterocycles. The maximum Gasteiger partial charge on any atom is 0.262 e. The molecule has 2 aromatic rings. The Morgan fingerprint density at radius 2 is 2.12 bits per heavy atom. The second kappa shape index (κ2) is 6.45. The van der Waals surface area contributed by atoms with Gasteiger partial charge in [-0.3, -0.25) is 30.4 Å². The van der Waals surface area contributed by atoms with E-state index in [0.717, 1.165) is 6.42 Å². The summed E-state index contributed by atoms with van der Waals surface area (Å²) in [7, 11) is 0. The Bertz CT molecular complexity index is 860. The zero-order valence-electron chi connectivity index (χ0n) is 14.1. The Kier molecular flexibility index (Phi) is 4.14. The van der Waals surface area contributed by atoms with E-state index in [-0.39, 0.29) is 17.5 Å². The molecule has 2 heterocycles. The van der Waals surface area contributed by atoms with Gasteiger partial charge in [-0.25, -0.2) is 10.4 Å². The number of benzene rings is 1. The molecule has 0 radical (unpaired) electrons. The third-order valence-corrected chi connectivity index (χ3v) is 4.92. The second-order valence-electron chi connectivity index (χ2n) is 6.64. The van der Waals surface area contributed by atoms with Crippen molar-refractivity contribution in [3.8, 4) is 0 Å². The summed E-state index contributed by atoms with van der Waals surface area (Å²) in [5, 5.41) is 0.565. The number of hydrogen-bond acceptors (Lipinski definition) is 6. The molecule has 132 valence electrons. The summed E-state index contributed by atoms with van der Waals surface area (Å²) in [4.78, 5) is 29.4. The monoisotopic (exact) mass is 342 g/mol. The third kappa shape index (κ3) is 3.10. The molecule has 1 saturated heterocycles. The molecule has 4 rings (SSSR count). The normalized spacial score (nSPS) is 22.9. The summed E-state index contributed by atoms with van der Waals surface area (Å²) in [6.45, 7) is 2.33. The highest BCUT2D eigenvalue weighted by Crippen LogP contribution is 2.35. The number of amides is 1. The number of anilines is 1. The lowest BCUT2D eigenvalue weighted by Gasteiger charge is -2.15. The van der Waals surface area contributed by atoms with Crippen LogP contribution in [0.3, 0.4) is 0 Å². The number of aromatic nitrogens is 2. The average molecular weight is 342 g/mol. The molecule has 2 fully saturated rings. The first-order chi connectivity index (χ1) is 12.2. The first-order valence-electron chi connectivity index (χ1n) is 8.74. The van der Waals surface area contributed by atoms with Gasteiger partial charge in [0, 0.05) is 12.6 Å². The molecule has 1 aromatic heterocycles. The lowest BCUT2D eigenvalue weighted by atomic mass is 10.1. The molecule has 4 N–H and O–H groups in total. The van der Waals surface area contributed by atoms with Crippen molar-refractivity contribution < 1.29 is 4.79 Å². The zero-order valence-corrected chi connectivity index (χ0v) is 14.1. The molecular formula is C17H22N6O2. The van der Waals surface area contributed by atoms with Crippen molar-refractivity contribution >= 4 is 22.8 Å². The summed E-state index contributed by atoms with van der Waals surface area (Å²) in [6, 6.07) is 7.26. The fourth-order valence-corrected chi connectivity index (χ4v) is 3.32. The highest BCUT2D eigenvalue weighted by molar-refractivity contribution is 5.83. The van der Waals surface area contributed by atoms with Crippen LogP contribution < -0.4 is 27.3 Å². The van der Waals surface area contributed by atoms with Gasteiger partial charge in [0.15, 0.2) is 0 Å². The van der Waals surface area contributed by atoms with Gasteiger partial charge in [0.25, 0.3) is 11.5 Å². The number of carbonyl (C=O) groups excluding carboxylic acids is 1. The summed E-state index contributed by atoms with van der Waals surface area (Å²) in [5.41, 5.74) is 12.2. The first-order valence-corrected chi connectivity index (χ1v) is 8.74. The molecule has 8 heteroatoms. The Morgan fingerprint density at radius 1 is 1.32 bits per heavy atom. The second-order valence-corrected chi connectivity index (χ2v) is 6.64. The van der Waals surface area contributed by atoms with E-state index in [4.69, 9.17) is 0 Å². The van der Waals surface area contributed by atoms with Crippen LogP contribution in [-0.2, 0) is 11.3 Å². The van der Waals surface area contributed by atoms with Crippen molar-refractivity contribution in [3.05, 3.63) is 34.6 Å². The van der Waals surface area contributed by atoms with Crippen LogP contribution in [0.25, 0.3) is 10.9 Å². The van der Waals surface area contributed by atoms with Crippen LogP contribution in [0, 0.1) is 5.92 Å². The van der Waals surface area contributed by atoms with Crippen molar-refractivity contribution in [2.75, 3.05) is 5.43 Å². The minimum Gasteiger partial charge on any atom is -0.277 e. The Balaban J connectivity index is 1.48. The maximum atomic E-state index is 12.6. The SMILES string of the molecule is CCn1c(NNC(=O)C2CC(C3CC3)NN2)nc2ccccc2c1=O. The van der Waals surface area contributed by atoms with E-state index in [1.807, 2.05) is 19.1 Å². The number of fused-ring (bicyclic) bond motifs is 1. The predicted octanol–water partition coefficient (Wildman–Crippen LogP) is 0.505. The molecule has 2 atom stereocenters. The van der Waals surface area contributed by atoms with Gasteiger partial charge in [0.05, 0.1) is 10.9 Å². The van der Waals surface area contributed by atoms with E-state index in [0.29, 0.717) is 35.4 Å². The third-order valence-electron chi connectivity index (χ3n) is 4.92. The Morgan fingerprint density at radius 3 is 2.88 bits per heavy atom. The molecule has 0 bridgehead atoms. The summed E-state index contributed by atoms with van der Waals surface area (Å²) >= 11 is 0. The van der Waals surface area contributed by atoms with Crippen molar-refractivity contribution in [1.82, 2.24) is 25.8 Å². The molecule has 25 heavy (non-hydrogen) atoms. The van der Waals surface area contributed by atoms with Gasteiger partial charge in [-0.15, -0.1) is 0 Å². The fraction of sp³-hybridized carbons (Fsp3) is 0.471. The maximum absolute atomic E-state index is 12.6. The van der Waals surface area contributed by atoms with Gasteiger partial charge >= 0.3 is 0 Å². The van der Waals surface area contributed by atoms with Crippen molar-refractivity contribution in [2.45, 2.75) is 44.8 Å². The van der Waals surface area contributed by atoms with Crippen molar-refractivity contribution in [3.63, 3.8) is 0 Å². The van der Waals surface area contributed by atoms with E-state index in [2.05, 4.69) is 26.7 Å². The molecule has 1 saturated carbocycles. The smallest absolute Gasteiger partial charge is 0.262 e. The number of hydrogen-bond donors (Lipinski definition) is 4. The lowest BCUT2D eigenvalue weighted by Crippen LogP contribution is -2.46. The lowest BCUT2D eigenvalue weighted by molar-refractivity contribution is -0.122. The summed E-state index contributed by atoms with van der Waals surface area (Å²) in [6.07, 6.45) is 3.23. The van der Waals surface area contributed by atoms with Crippen LogP contribution in [0.15, 0.2) is 29.1 Å². The van der Waals surface area contributed by atoms with Crippen LogP contribution in [0.5, 0.6) is 0 Å². The number of nitrogens with zero attached hydrogens (tertiary/aromatic N) is 2. The van der Waals surface area contributed by atoms with Gasteiger partial charge in [-0.1, -0.05) is 12.1 Å². The summed E-state index contributed by atoms with van der Waals surface area (Å²) < 4.78 is 1.51. The van der Waals surface area contributed by atoms with Crippen LogP contribution >= 0.6 is 0 Å². The van der Waals surface area contributed by atoms with E-state index >= 15 is 0 Å². The summed E-state index contributed by atoms with van der Waals surface area (Å²) in [5.74, 6) is 0.857. The highest BCUT2D eigenvalue weighted by atomic mass is 16.2. The Labute approximate surface area is 144 Å². The molecular weight excluding hydrogens is 320 g/mol. The van der Waals surface area contributed by atoms with E-state index < -0.39 is 0 Å². The quantitative estimate of drug-likeness (QED) is 0.591. The van der Waals surface area contributed by atoms with Crippen LogP contribution in [0.1, 0.15) is 26.2 Å². The number of rotatable bonds is 5. The topological polar surface area (TPSA) is 100 Å². The van der Waals surface area contributed by atoms with Crippen molar-refractivity contribution in [2.24, 2.45) is 5.92 Å². The van der Waals surface area contributed by atoms with Crippen LogP contribution in [0.2, 0.25) is 0 Å². The molecule has 1 aliphatic carbocycles. The average Bonchev–Trinajstić information content (AvgIpc) is 3.36.